The average Bonchev–Trinajstić information content (AvgIpc) is 3.52. The monoisotopic (exact) mass is 714 g/mol. The number of rotatable bonds is 18. The van der Waals surface area contributed by atoms with Crippen molar-refractivity contribution in [1.82, 2.24) is 26.3 Å². The van der Waals surface area contributed by atoms with Crippen molar-refractivity contribution >= 4 is 46.4 Å². The summed E-state index contributed by atoms with van der Waals surface area (Å²) in [6, 6.07) is 16.2. The first-order chi connectivity index (χ1) is 24.8. The summed E-state index contributed by atoms with van der Waals surface area (Å²) in [5.41, 5.74) is 8.27. The number of aliphatic carboxylic acids is 1. The van der Waals surface area contributed by atoms with Gasteiger partial charge in [-0.2, -0.15) is 0 Å². The maximum absolute atomic E-state index is 13.8. The Bertz CT molecular complexity index is 1880. The first kappa shape index (κ1) is 38.6. The van der Waals surface area contributed by atoms with Gasteiger partial charge in [0.1, 0.15) is 29.9 Å². The van der Waals surface area contributed by atoms with Gasteiger partial charge in [0.15, 0.2) is 0 Å². The summed E-state index contributed by atoms with van der Waals surface area (Å²) in [6.07, 6.45) is -0.342. The topological polar surface area (TPSA) is 253 Å². The van der Waals surface area contributed by atoms with Crippen LogP contribution in [-0.4, -0.2) is 86.1 Å². The molecule has 0 radical (unpaired) electrons. The van der Waals surface area contributed by atoms with E-state index in [0.29, 0.717) is 17.5 Å². The molecule has 0 fully saturated rings. The number of para-hydroxylation sites is 1. The van der Waals surface area contributed by atoms with E-state index in [9.17, 15) is 44.1 Å². The van der Waals surface area contributed by atoms with Crippen LogP contribution in [0.1, 0.15) is 36.5 Å². The number of carboxylic acid groups (broad SMARTS) is 1. The zero-order valence-corrected chi connectivity index (χ0v) is 28.4. The number of carbonyl (C=O) groups is 6. The van der Waals surface area contributed by atoms with Gasteiger partial charge >= 0.3 is 5.97 Å². The van der Waals surface area contributed by atoms with E-state index in [0.717, 1.165) is 16.5 Å². The van der Waals surface area contributed by atoms with Gasteiger partial charge in [-0.3, -0.25) is 24.0 Å². The summed E-state index contributed by atoms with van der Waals surface area (Å²) in [7, 11) is 0. The molecular formula is C37H42N6O9. The first-order valence-corrected chi connectivity index (χ1v) is 16.6. The predicted molar refractivity (Wildman–Crippen MR) is 189 cm³/mol. The number of nitrogens with two attached hydrogens (primary N) is 1. The van der Waals surface area contributed by atoms with E-state index in [1.54, 1.807) is 48.7 Å². The molecule has 0 aliphatic heterocycles. The van der Waals surface area contributed by atoms with Gasteiger partial charge in [0.05, 0.1) is 12.5 Å². The first-order valence-electron chi connectivity index (χ1n) is 16.6. The van der Waals surface area contributed by atoms with Crippen LogP contribution in [0, 0.1) is 0 Å². The van der Waals surface area contributed by atoms with Gasteiger partial charge in [0.2, 0.25) is 29.5 Å². The van der Waals surface area contributed by atoms with Crippen molar-refractivity contribution in [2.45, 2.75) is 69.3 Å². The molecule has 274 valence electrons. The number of aromatic nitrogens is 1. The molecule has 4 aromatic rings. The standard InChI is InChI=1S/C37H42N6O9/c1-21(44)33(36(50)42-30(37(51)52)17-23-7-3-2-4-8-23)43-35(49)29(19-31(38)46)41-34(48)28(18-24-20-39-27-10-6-5-9-26(24)27)40-32(47)16-13-22-11-14-25(45)15-12-22/h2-12,14-15,20-21,28-30,33,39,44-45H,13,16-19H2,1H3,(H2,38,46)(H,40,47)(H,41,48)(H,42,50)(H,43,49)(H,51,52)/t21-,28-,29+,30+,33+/m1/s1. The second kappa shape index (κ2) is 18.1. The van der Waals surface area contributed by atoms with Crippen LogP contribution in [0.5, 0.6) is 5.75 Å². The number of aryl methyl sites for hydroxylation is 1. The van der Waals surface area contributed by atoms with Crippen LogP contribution >= 0.6 is 0 Å². The quantitative estimate of drug-likeness (QED) is 0.0698. The van der Waals surface area contributed by atoms with E-state index in [1.807, 2.05) is 24.3 Å². The number of hydrogen-bond donors (Lipinski definition) is 9. The number of hydrogen-bond acceptors (Lipinski definition) is 8. The number of carboxylic acids is 1. The summed E-state index contributed by atoms with van der Waals surface area (Å²) in [5, 5.41) is 40.3. The number of carbonyl (C=O) groups excluding carboxylic acids is 5. The Balaban J connectivity index is 1.50. The molecule has 0 unspecified atom stereocenters. The molecule has 1 heterocycles. The van der Waals surface area contributed by atoms with Crippen molar-refractivity contribution in [3.63, 3.8) is 0 Å². The second-order valence-electron chi connectivity index (χ2n) is 12.4. The van der Waals surface area contributed by atoms with E-state index < -0.39 is 72.2 Å². The number of aromatic amines is 1. The fourth-order valence-corrected chi connectivity index (χ4v) is 5.57. The fraction of sp³-hybridized carbons (Fsp3) is 0.297. The molecule has 0 spiro atoms. The highest BCUT2D eigenvalue weighted by atomic mass is 16.4. The van der Waals surface area contributed by atoms with Gasteiger partial charge < -0.3 is 47.3 Å². The molecule has 0 saturated heterocycles. The summed E-state index contributed by atoms with van der Waals surface area (Å²) in [4.78, 5) is 80.7. The Morgan fingerprint density at radius 3 is 2.02 bits per heavy atom. The number of nitrogens with one attached hydrogen (secondary N) is 5. The fourth-order valence-electron chi connectivity index (χ4n) is 5.57. The number of phenols is 1. The Kier molecular flexibility index (Phi) is 13.5. The van der Waals surface area contributed by atoms with Crippen LogP contribution in [0.2, 0.25) is 0 Å². The number of amides is 5. The van der Waals surface area contributed by atoms with E-state index in [4.69, 9.17) is 5.73 Å². The summed E-state index contributed by atoms with van der Waals surface area (Å²) < 4.78 is 0. The molecule has 0 bridgehead atoms. The smallest absolute Gasteiger partial charge is 0.326 e. The number of aliphatic hydroxyl groups is 1. The van der Waals surface area contributed by atoms with Crippen LogP contribution in [0.4, 0.5) is 0 Å². The third-order valence-electron chi connectivity index (χ3n) is 8.33. The highest BCUT2D eigenvalue weighted by molar-refractivity contribution is 5.97. The predicted octanol–water partition coefficient (Wildman–Crippen LogP) is 0.572. The Hall–Kier alpha value is -6.22. The largest absolute Gasteiger partial charge is 0.508 e. The number of aliphatic hydroxyl groups excluding tert-OH is 1. The van der Waals surface area contributed by atoms with Crippen LogP contribution in [0.25, 0.3) is 10.9 Å². The molecule has 5 atom stereocenters. The van der Waals surface area contributed by atoms with E-state index >= 15 is 0 Å². The van der Waals surface area contributed by atoms with Gasteiger partial charge in [-0.15, -0.1) is 0 Å². The van der Waals surface area contributed by atoms with Crippen LogP contribution in [-0.2, 0) is 48.0 Å². The summed E-state index contributed by atoms with van der Waals surface area (Å²) in [5.74, 6) is -5.65. The minimum absolute atomic E-state index is 0.0115. The zero-order chi connectivity index (χ0) is 37.8. The van der Waals surface area contributed by atoms with E-state index in [-0.39, 0.29) is 25.0 Å². The Labute approximate surface area is 299 Å². The highest BCUT2D eigenvalue weighted by Gasteiger charge is 2.34. The van der Waals surface area contributed by atoms with Crippen LogP contribution < -0.4 is 27.0 Å². The van der Waals surface area contributed by atoms with Crippen LogP contribution in [0.3, 0.4) is 0 Å². The van der Waals surface area contributed by atoms with Gasteiger partial charge in [0.25, 0.3) is 0 Å². The molecule has 10 N–H and O–H groups in total. The molecular weight excluding hydrogens is 672 g/mol. The second-order valence-corrected chi connectivity index (χ2v) is 12.4. The minimum atomic E-state index is -1.68. The van der Waals surface area contributed by atoms with Gasteiger partial charge in [0, 0.05) is 36.4 Å². The molecule has 0 saturated carbocycles. The summed E-state index contributed by atoms with van der Waals surface area (Å²) in [6.45, 7) is 1.20. The molecule has 5 amide bonds. The minimum Gasteiger partial charge on any atom is -0.508 e. The maximum atomic E-state index is 13.8. The number of phenolic OH excluding ortho intramolecular Hbond substituents is 1. The molecule has 15 nitrogen and oxygen atoms in total. The van der Waals surface area contributed by atoms with Crippen molar-refractivity contribution in [3.8, 4) is 5.75 Å². The molecule has 1 aromatic heterocycles. The average molecular weight is 715 g/mol. The number of benzene rings is 3. The molecule has 52 heavy (non-hydrogen) atoms. The lowest BCUT2D eigenvalue weighted by Gasteiger charge is -2.27. The van der Waals surface area contributed by atoms with Crippen molar-refractivity contribution < 1.29 is 44.1 Å². The lowest BCUT2D eigenvalue weighted by atomic mass is 10.0. The normalized spacial score (nSPS) is 13.9. The maximum Gasteiger partial charge on any atom is 0.326 e. The lowest BCUT2D eigenvalue weighted by molar-refractivity contribution is -0.143. The Morgan fingerprint density at radius 2 is 1.37 bits per heavy atom. The van der Waals surface area contributed by atoms with Crippen molar-refractivity contribution in [3.05, 3.63) is 102 Å². The number of aromatic hydroxyl groups is 1. The van der Waals surface area contributed by atoms with Gasteiger partial charge in [-0.05, 0) is 48.2 Å². The van der Waals surface area contributed by atoms with Crippen molar-refractivity contribution in [1.29, 1.82) is 0 Å². The van der Waals surface area contributed by atoms with Crippen molar-refractivity contribution in [2.24, 2.45) is 5.73 Å². The lowest BCUT2D eigenvalue weighted by Crippen LogP contribution is -2.61. The molecule has 3 aromatic carbocycles. The van der Waals surface area contributed by atoms with Gasteiger partial charge in [-0.25, -0.2) is 4.79 Å². The van der Waals surface area contributed by atoms with E-state index in [1.165, 1.54) is 19.1 Å². The third-order valence-corrected chi connectivity index (χ3v) is 8.33. The van der Waals surface area contributed by atoms with Gasteiger partial charge in [-0.1, -0.05) is 60.7 Å². The van der Waals surface area contributed by atoms with Crippen LogP contribution in [0.15, 0.2) is 85.1 Å². The van der Waals surface area contributed by atoms with Crippen molar-refractivity contribution in [2.75, 3.05) is 0 Å². The zero-order valence-electron chi connectivity index (χ0n) is 28.4. The number of H-pyrrole nitrogens is 1. The number of fused-ring (bicyclic) bond motifs is 1. The number of primary amides is 1. The molecule has 0 aliphatic rings. The Morgan fingerprint density at radius 1 is 0.731 bits per heavy atom. The summed E-state index contributed by atoms with van der Waals surface area (Å²) >= 11 is 0. The SMILES string of the molecule is C[C@@H](O)[C@H](NC(=O)[C@H](CC(N)=O)NC(=O)[C@@H](Cc1c[nH]c2ccccc12)NC(=O)CCc1ccc(O)cc1)C(=O)N[C@@H](Cc1ccccc1)C(=O)O. The molecule has 4 rings (SSSR count). The third kappa shape index (κ3) is 11.1. The molecule has 0 aliphatic carbocycles. The van der Waals surface area contributed by atoms with E-state index in [2.05, 4.69) is 26.3 Å². The highest BCUT2D eigenvalue weighted by Crippen LogP contribution is 2.20. The molecule has 15 heteroatoms.